The quantitative estimate of drug-likeness (QED) is 0.176. The summed E-state index contributed by atoms with van der Waals surface area (Å²) in [7, 11) is 0. The molecule has 5 atom stereocenters. The second kappa shape index (κ2) is 12.5. The Hall–Kier alpha value is -1.89. The Kier molecular flexibility index (Phi) is 11.6. The zero-order chi connectivity index (χ0) is 21.1. The SMILES string of the molecule is CSCCC(NC(=O)C(C)NC(=O)C(N)CO)C(=O)NC(C(=O)O)C(C)O. The van der Waals surface area contributed by atoms with Gasteiger partial charge in [0.05, 0.1) is 12.7 Å². The predicted octanol–water partition coefficient (Wildman–Crippen LogP) is -3.00. The molecule has 0 heterocycles. The van der Waals surface area contributed by atoms with Gasteiger partial charge in [0, 0.05) is 0 Å². The molecule has 0 aliphatic heterocycles. The van der Waals surface area contributed by atoms with Crippen molar-refractivity contribution < 1.29 is 34.5 Å². The second-order valence-corrected chi connectivity index (χ2v) is 6.91. The Bertz CT molecular complexity index is 532. The minimum atomic E-state index is -1.52. The maximum atomic E-state index is 12.4. The number of nitrogens with one attached hydrogen (secondary N) is 3. The number of aliphatic hydroxyl groups is 2. The first-order chi connectivity index (χ1) is 12.5. The molecule has 0 rings (SSSR count). The summed E-state index contributed by atoms with van der Waals surface area (Å²) in [5, 5.41) is 34.3. The van der Waals surface area contributed by atoms with Crippen LogP contribution in [0.25, 0.3) is 0 Å². The van der Waals surface area contributed by atoms with Crippen molar-refractivity contribution in [3.63, 3.8) is 0 Å². The summed E-state index contributed by atoms with van der Waals surface area (Å²) < 4.78 is 0. The van der Waals surface area contributed by atoms with Gasteiger partial charge in [-0.2, -0.15) is 11.8 Å². The van der Waals surface area contributed by atoms with Crippen molar-refractivity contribution in [3.8, 4) is 0 Å². The van der Waals surface area contributed by atoms with Crippen LogP contribution in [0.2, 0.25) is 0 Å². The third kappa shape index (κ3) is 9.04. The van der Waals surface area contributed by atoms with Gasteiger partial charge in [-0.05, 0) is 32.3 Å². The van der Waals surface area contributed by atoms with E-state index in [-0.39, 0.29) is 6.42 Å². The average Bonchev–Trinajstić information content (AvgIpc) is 2.60. The summed E-state index contributed by atoms with van der Waals surface area (Å²) >= 11 is 1.42. The zero-order valence-corrected chi connectivity index (χ0v) is 16.3. The lowest BCUT2D eigenvalue weighted by atomic mass is 10.1. The minimum absolute atomic E-state index is 0.210. The highest BCUT2D eigenvalue weighted by Gasteiger charge is 2.30. The second-order valence-electron chi connectivity index (χ2n) is 5.93. The third-order valence-corrected chi connectivity index (χ3v) is 4.22. The van der Waals surface area contributed by atoms with Gasteiger partial charge in [-0.1, -0.05) is 0 Å². The zero-order valence-electron chi connectivity index (χ0n) is 15.5. The monoisotopic (exact) mass is 408 g/mol. The fourth-order valence-electron chi connectivity index (χ4n) is 1.91. The van der Waals surface area contributed by atoms with Crippen LogP contribution in [0.5, 0.6) is 0 Å². The lowest BCUT2D eigenvalue weighted by Gasteiger charge is -2.24. The Labute approximate surface area is 161 Å². The molecule has 0 aliphatic rings. The van der Waals surface area contributed by atoms with Gasteiger partial charge in [0.15, 0.2) is 6.04 Å². The standard InChI is InChI=1S/C15H28N4O7S/c1-7(17-13(23)9(16)6-20)12(22)18-10(4-5-27-3)14(24)19-11(8(2)21)15(25)26/h7-11,20-21H,4-6,16H2,1-3H3,(H,17,23)(H,18,22)(H,19,24)(H,25,26). The van der Waals surface area contributed by atoms with Crippen molar-refractivity contribution in [1.29, 1.82) is 0 Å². The molecule has 0 aromatic carbocycles. The van der Waals surface area contributed by atoms with E-state index in [1.807, 2.05) is 0 Å². The number of hydrogen-bond acceptors (Lipinski definition) is 8. The molecule has 12 heteroatoms. The normalized spacial score (nSPS) is 16.4. The van der Waals surface area contributed by atoms with Crippen LogP contribution >= 0.6 is 11.8 Å². The number of carboxylic acid groups (broad SMARTS) is 1. The van der Waals surface area contributed by atoms with E-state index in [0.29, 0.717) is 5.75 Å². The summed E-state index contributed by atoms with van der Waals surface area (Å²) in [6, 6.07) is -4.80. The number of rotatable bonds is 12. The van der Waals surface area contributed by atoms with Gasteiger partial charge in [-0.15, -0.1) is 0 Å². The van der Waals surface area contributed by atoms with Crippen LogP contribution < -0.4 is 21.7 Å². The number of carbonyl (C=O) groups is 4. The summed E-state index contributed by atoms with van der Waals surface area (Å²) in [6.45, 7) is 2.00. The number of carboxylic acids is 1. The lowest BCUT2D eigenvalue weighted by molar-refractivity contribution is -0.145. The van der Waals surface area contributed by atoms with E-state index in [4.69, 9.17) is 15.9 Å². The summed E-state index contributed by atoms with van der Waals surface area (Å²) in [6.07, 6.45) is 0.675. The van der Waals surface area contributed by atoms with Crippen molar-refractivity contribution in [3.05, 3.63) is 0 Å². The van der Waals surface area contributed by atoms with Crippen LogP contribution in [0.3, 0.4) is 0 Å². The van der Waals surface area contributed by atoms with Gasteiger partial charge >= 0.3 is 5.97 Å². The molecule has 0 saturated heterocycles. The van der Waals surface area contributed by atoms with Crippen LogP contribution in [0.1, 0.15) is 20.3 Å². The lowest BCUT2D eigenvalue weighted by Crippen LogP contribution is -2.58. The van der Waals surface area contributed by atoms with E-state index >= 15 is 0 Å². The predicted molar refractivity (Wildman–Crippen MR) is 98.8 cm³/mol. The van der Waals surface area contributed by atoms with Crippen molar-refractivity contribution in [2.45, 2.75) is 50.5 Å². The van der Waals surface area contributed by atoms with Gasteiger partial charge in [0.1, 0.15) is 18.1 Å². The van der Waals surface area contributed by atoms with Crippen LogP contribution in [0, 0.1) is 0 Å². The highest BCUT2D eigenvalue weighted by molar-refractivity contribution is 7.98. The van der Waals surface area contributed by atoms with Crippen molar-refractivity contribution in [2.75, 3.05) is 18.6 Å². The minimum Gasteiger partial charge on any atom is -0.480 e. The first kappa shape index (κ1) is 25.1. The Balaban J connectivity index is 5.02. The van der Waals surface area contributed by atoms with E-state index in [9.17, 15) is 24.3 Å². The fraction of sp³-hybridized carbons (Fsp3) is 0.733. The molecule has 8 N–H and O–H groups in total. The van der Waals surface area contributed by atoms with Gasteiger partial charge in [-0.25, -0.2) is 4.79 Å². The Morgan fingerprint density at radius 2 is 1.63 bits per heavy atom. The molecule has 11 nitrogen and oxygen atoms in total. The molecule has 0 radical (unpaired) electrons. The van der Waals surface area contributed by atoms with Crippen LogP contribution in [-0.2, 0) is 19.2 Å². The van der Waals surface area contributed by atoms with Crippen molar-refractivity contribution >= 4 is 35.5 Å². The van der Waals surface area contributed by atoms with Gasteiger partial charge < -0.3 is 37.0 Å². The molecule has 0 aromatic rings. The Morgan fingerprint density at radius 3 is 2.07 bits per heavy atom. The highest BCUT2D eigenvalue weighted by atomic mass is 32.2. The molecule has 27 heavy (non-hydrogen) atoms. The van der Waals surface area contributed by atoms with Crippen LogP contribution in [0.4, 0.5) is 0 Å². The molecule has 0 aromatic heterocycles. The van der Waals surface area contributed by atoms with E-state index in [1.54, 1.807) is 6.26 Å². The van der Waals surface area contributed by atoms with Crippen LogP contribution in [0.15, 0.2) is 0 Å². The molecular formula is C15H28N4O7S. The number of nitrogens with two attached hydrogens (primary N) is 1. The fourth-order valence-corrected chi connectivity index (χ4v) is 2.38. The van der Waals surface area contributed by atoms with Crippen LogP contribution in [-0.4, -0.2) is 87.9 Å². The molecule has 0 spiro atoms. The molecule has 0 bridgehead atoms. The molecule has 3 amide bonds. The topological polar surface area (TPSA) is 191 Å². The Morgan fingerprint density at radius 1 is 1.04 bits per heavy atom. The maximum absolute atomic E-state index is 12.4. The largest absolute Gasteiger partial charge is 0.480 e. The van der Waals surface area contributed by atoms with Crippen molar-refractivity contribution in [1.82, 2.24) is 16.0 Å². The first-order valence-corrected chi connectivity index (χ1v) is 9.61. The summed E-state index contributed by atoms with van der Waals surface area (Å²) in [5.41, 5.74) is 5.35. The number of carbonyl (C=O) groups excluding carboxylic acids is 3. The molecule has 0 saturated carbocycles. The highest BCUT2D eigenvalue weighted by Crippen LogP contribution is 2.04. The number of hydrogen-bond donors (Lipinski definition) is 7. The number of aliphatic hydroxyl groups excluding tert-OH is 2. The maximum Gasteiger partial charge on any atom is 0.328 e. The molecule has 5 unspecified atom stereocenters. The number of thioether (sulfide) groups is 1. The van der Waals surface area contributed by atoms with Gasteiger partial charge in [-0.3, -0.25) is 14.4 Å². The number of amides is 3. The average molecular weight is 408 g/mol. The van der Waals surface area contributed by atoms with Crippen molar-refractivity contribution in [2.24, 2.45) is 5.73 Å². The third-order valence-electron chi connectivity index (χ3n) is 3.58. The van der Waals surface area contributed by atoms with E-state index in [1.165, 1.54) is 25.6 Å². The summed E-state index contributed by atoms with van der Waals surface area (Å²) in [5.74, 6) is -3.09. The summed E-state index contributed by atoms with van der Waals surface area (Å²) in [4.78, 5) is 47.3. The molecule has 156 valence electrons. The molecular weight excluding hydrogens is 380 g/mol. The van der Waals surface area contributed by atoms with E-state index < -0.39 is 60.6 Å². The van der Waals surface area contributed by atoms with E-state index in [2.05, 4.69) is 16.0 Å². The molecule has 0 aliphatic carbocycles. The first-order valence-electron chi connectivity index (χ1n) is 8.22. The smallest absolute Gasteiger partial charge is 0.328 e. The van der Waals surface area contributed by atoms with Gasteiger partial charge in [0.2, 0.25) is 17.7 Å². The molecule has 0 fully saturated rings. The van der Waals surface area contributed by atoms with E-state index in [0.717, 1.165) is 0 Å². The van der Waals surface area contributed by atoms with Gasteiger partial charge in [0.25, 0.3) is 0 Å². The number of aliphatic carboxylic acids is 1.